The van der Waals surface area contributed by atoms with E-state index in [1.54, 1.807) is 0 Å². The first-order valence-corrected chi connectivity index (χ1v) is 7.54. The van der Waals surface area contributed by atoms with Gasteiger partial charge in [0.2, 0.25) is 5.28 Å². The van der Waals surface area contributed by atoms with Crippen molar-refractivity contribution < 1.29 is 0 Å². The Morgan fingerprint density at radius 2 is 1.85 bits per heavy atom. The van der Waals surface area contributed by atoms with Gasteiger partial charge in [0, 0.05) is 12.1 Å². The maximum Gasteiger partial charge on any atom is 0.224 e. The van der Waals surface area contributed by atoms with Crippen molar-refractivity contribution in [1.82, 2.24) is 9.97 Å². The number of halogens is 1. The zero-order chi connectivity index (χ0) is 13.8. The summed E-state index contributed by atoms with van der Waals surface area (Å²) in [6.07, 6.45) is 5.47. The van der Waals surface area contributed by atoms with E-state index < -0.39 is 0 Å². The lowest BCUT2D eigenvalue weighted by atomic mass is 9.96. The summed E-state index contributed by atoms with van der Waals surface area (Å²) in [5, 5.41) is 3.78. The van der Waals surface area contributed by atoms with Crippen LogP contribution in [0.3, 0.4) is 0 Å². The highest BCUT2D eigenvalue weighted by atomic mass is 35.5. The summed E-state index contributed by atoms with van der Waals surface area (Å²) in [7, 11) is 0. The molecule has 1 aliphatic carbocycles. The Labute approximate surface area is 124 Å². The molecule has 1 heterocycles. The molecule has 0 amide bonds. The third-order valence-electron chi connectivity index (χ3n) is 3.70. The molecule has 1 aromatic heterocycles. The molecule has 0 saturated heterocycles. The number of fused-ring (bicyclic) bond motifs is 1. The molecule has 20 heavy (non-hydrogen) atoms. The van der Waals surface area contributed by atoms with Gasteiger partial charge in [0.1, 0.15) is 5.82 Å². The van der Waals surface area contributed by atoms with Gasteiger partial charge in [-0.25, -0.2) is 9.97 Å². The fraction of sp³-hybridized carbons (Fsp3) is 0.375. The summed E-state index contributed by atoms with van der Waals surface area (Å²) in [6.45, 7) is 0.865. The molecule has 0 unspecified atom stereocenters. The number of rotatable bonds is 4. The largest absolute Gasteiger partial charge is 0.369 e. The van der Waals surface area contributed by atoms with E-state index in [0.29, 0.717) is 5.28 Å². The first-order valence-electron chi connectivity index (χ1n) is 7.16. The second-order valence-electron chi connectivity index (χ2n) is 5.14. The summed E-state index contributed by atoms with van der Waals surface area (Å²) in [4.78, 5) is 8.72. The van der Waals surface area contributed by atoms with Gasteiger partial charge in [0.15, 0.2) is 0 Å². The standard InChI is InChI=1S/C16H18ClN3/c17-16-19-14-9-5-4-8-13(14)15(20-16)18-11-10-12-6-2-1-3-7-12/h1-3,6-7H,4-5,8-11H2,(H,18,19,20). The highest BCUT2D eigenvalue weighted by Crippen LogP contribution is 2.26. The van der Waals surface area contributed by atoms with Crippen LogP contribution in [-0.4, -0.2) is 16.5 Å². The van der Waals surface area contributed by atoms with E-state index in [-0.39, 0.29) is 0 Å². The SMILES string of the molecule is Clc1nc2c(c(NCCc3ccccc3)n1)CCCC2. The van der Waals surface area contributed by atoms with Gasteiger partial charge in [-0.2, -0.15) is 0 Å². The molecular formula is C16H18ClN3. The Bertz CT molecular complexity index is 584. The van der Waals surface area contributed by atoms with Crippen molar-refractivity contribution in [2.24, 2.45) is 0 Å². The summed E-state index contributed by atoms with van der Waals surface area (Å²) >= 11 is 6.02. The fourth-order valence-corrected chi connectivity index (χ4v) is 2.87. The lowest BCUT2D eigenvalue weighted by Crippen LogP contribution is -2.14. The van der Waals surface area contributed by atoms with E-state index in [2.05, 4.69) is 39.6 Å². The molecule has 3 nitrogen and oxygen atoms in total. The second-order valence-corrected chi connectivity index (χ2v) is 5.47. The normalized spacial score (nSPS) is 13.8. The number of benzene rings is 1. The van der Waals surface area contributed by atoms with Crippen molar-refractivity contribution in [1.29, 1.82) is 0 Å². The number of anilines is 1. The van der Waals surface area contributed by atoms with E-state index >= 15 is 0 Å². The van der Waals surface area contributed by atoms with Crippen LogP contribution in [-0.2, 0) is 19.3 Å². The smallest absolute Gasteiger partial charge is 0.224 e. The minimum Gasteiger partial charge on any atom is -0.369 e. The first kappa shape index (κ1) is 13.4. The van der Waals surface area contributed by atoms with Crippen molar-refractivity contribution >= 4 is 17.4 Å². The van der Waals surface area contributed by atoms with Gasteiger partial charge in [-0.1, -0.05) is 30.3 Å². The second kappa shape index (κ2) is 6.23. The third-order valence-corrected chi connectivity index (χ3v) is 3.87. The Morgan fingerprint density at radius 3 is 2.70 bits per heavy atom. The Morgan fingerprint density at radius 1 is 1.05 bits per heavy atom. The lowest BCUT2D eigenvalue weighted by Gasteiger charge is -2.18. The monoisotopic (exact) mass is 287 g/mol. The van der Waals surface area contributed by atoms with Crippen LogP contribution in [0.5, 0.6) is 0 Å². The average molecular weight is 288 g/mol. The fourth-order valence-electron chi connectivity index (χ4n) is 2.68. The molecule has 0 atom stereocenters. The van der Waals surface area contributed by atoms with E-state index in [9.17, 15) is 0 Å². The predicted molar refractivity (Wildman–Crippen MR) is 82.3 cm³/mol. The van der Waals surface area contributed by atoms with Gasteiger partial charge in [0.25, 0.3) is 0 Å². The summed E-state index contributed by atoms with van der Waals surface area (Å²) in [5.74, 6) is 0.927. The van der Waals surface area contributed by atoms with Crippen LogP contribution in [0.4, 0.5) is 5.82 Å². The van der Waals surface area contributed by atoms with E-state index in [0.717, 1.165) is 37.3 Å². The molecule has 1 aliphatic rings. The van der Waals surface area contributed by atoms with E-state index in [4.69, 9.17) is 11.6 Å². The molecule has 0 bridgehead atoms. The number of aryl methyl sites for hydroxylation is 1. The maximum absolute atomic E-state index is 6.02. The molecule has 0 radical (unpaired) electrons. The Kier molecular flexibility index (Phi) is 4.16. The zero-order valence-electron chi connectivity index (χ0n) is 11.4. The maximum atomic E-state index is 6.02. The number of nitrogens with one attached hydrogen (secondary N) is 1. The number of nitrogens with zero attached hydrogens (tertiary/aromatic N) is 2. The minimum atomic E-state index is 0.355. The van der Waals surface area contributed by atoms with Crippen LogP contribution in [0.15, 0.2) is 30.3 Å². The topological polar surface area (TPSA) is 37.8 Å². The third kappa shape index (κ3) is 3.10. The van der Waals surface area contributed by atoms with Crippen molar-refractivity contribution in [3.05, 3.63) is 52.4 Å². The summed E-state index contributed by atoms with van der Waals surface area (Å²) in [5.41, 5.74) is 3.71. The van der Waals surface area contributed by atoms with Gasteiger partial charge in [-0.05, 0) is 49.3 Å². The first-order chi connectivity index (χ1) is 9.83. The Balaban J connectivity index is 1.69. The van der Waals surface area contributed by atoms with Crippen LogP contribution in [0, 0.1) is 0 Å². The van der Waals surface area contributed by atoms with E-state index in [1.165, 1.54) is 24.0 Å². The van der Waals surface area contributed by atoms with Crippen molar-refractivity contribution in [2.45, 2.75) is 32.1 Å². The van der Waals surface area contributed by atoms with Gasteiger partial charge in [-0.3, -0.25) is 0 Å². The van der Waals surface area contributed by atoms with Crippen LogP contribution in [0.2, 0.25) is 5.28 Å². The molecule has 104 valence electrons. The van der Waals surface area contributed by atoms with Gasteiger partial charge < -0.3 is 5.32 Å². The molecule has 0 aliphatic heterocycles. The quantitative estimate of drug-likeness (QED) is 0.872. The zero-order valence-corrected chi connectivity index (χ0v) is 12.2. The minimum absolute atomic E-state index is 0.355. The van der Waals surface area contributed by atoms with Crippen LogP contribution in [0.25, 0.3) is 0 Å². The molecular weight excluding hydrogens is 270 g/mol. The van der Waals surface area contributed by atoms with Crippen LogP contribution in [0.1, 0.15) is 29.7 Å². The molecule has 1 aromatic carbocycles. The summed E-state index contributed by atoms with van der Waals surface area (Å²) < 4.78 is 0. The van der Waals surface area contributed by atoms with E-state index in [1.807, 2.05) is 6.07 Å². The van der Waals surface area contributed by atoms with Crippen LogP contribution >= 0.6 is 11.6 Å². The average Bonchev–Trinajstić information content (AvgIpc) is 2.48. The van der Waals surface area contributed by atoms with Gasteiger partial charge in [0.05, 0.1) is 5.69 Å². The summed E-state index contributed by atoms with van der Waals surface area (Å²) in [6, 6.07) is 10.5. The highest BCUT2D eigenvalue weighted by Gasteiger charge is 2.16. The number of hydrogen-bond acceptors (Lipinski definition) is 3. The molecule has 0 saturated carbocycles. The molecule has 0 fully saturated rings. The van der Waals surface area contributed by atoms with Gasteiger partial charge in [-0.15, -0.1) is 0 Å². The number of aromatic nitrogens is 2. The number of hydrogen-bond donors (Lipinski definition) is 1. The van der Waals surface area contributed by atoms with Gasteiger partial charge >= 0.3 is 0 Å². The molecule has 2 aromatic rings. The molecule has 3 rings (SSSR count). The predicted octanol–water partition coefficient (Wildman–Crippen LogP) is 3.66. The van der Waals surface area contributed by atoms with Crippen molar-refractivity contribution in [2.75, 3.05) is 11.9 Å². The van der Waals surface area contributed by atoms with Crippen LogP contribution < -0.4 is 5.32 Å². The van der Waals surface area contributed by atoms with Crippen molar-refractivity contribution in [3.63, 3.8) is 0 Å². The Hall–Kier alpha value is -1.61. The molecule has 1 N–H and O–H groups in total. The molecule has 0 spiro atoms. The van der Waals surface area contributed by atoms with Crippen molar-refractivity contribution in [3.8, 4) is 0 Å². The lowest BCUT2D eigenvalue weighted by molar-refractivity contribution is 0.663. The molecule has 4 heteroatoms. The highest BCUT2D eigenvalue weighted by molar-refractivity contribution is 6.28.